The number of ether oxygens (including phenoxy) is 1. The third kappa shape index (κ3) is 5.14. The maximum atomic E-state index is 12.9. The van der Waals surface area contributed by atoms with Gasteiger partial charge in [-0.2, -0.15) is 4.31 Å². The Bertz CT molecular complexity index is 963. The van der Waals surface area contributed by atoms with Crippen molar-refractivity contribution in [1.82, 2.24) is 9.21 Å². The highest BCUT2D eigenvalue weighted by atomic mass is 32.2. The van der Waals surface area contributed by atoms with Gasteiger partial charge in [-0.3, -0.25) is 4.79 Å². The van der Waals surface area contributed by atoms with Crippen LogP contribution >= 0.6 is 0 Å². The SMILES string of the molecule is Cc1cccc(C)c1OCC(=O)Nc1cccc(S(=O)(=O)N2CCN(C)CC2)c1. The van der Waals surface area contributed by atoms with Gasteiger partial charge in [0.25, 0.3) is 5.91 Å². The molecule has 0 bridgehead atoms. The van der Waals surface area contributed by atoms with Crippen molar-refractivity contribution in [1.29, 1.82) is 0 Å². The zero-order chi connectivity index (χ0) is 21.0. The Labute approximate surface area is 172 Å². The number of hydrogen-bond donors (Lipinski definition) is 1. The van der Waals surface area contributed by atoms with Crippen LogP contribution in [0.15, 0.2) is 47.4 Å². The van der Waals surface area contributed by atoms with Crippen LogP contribution in [0, 0.1) is 13.8 Å². The molecule has 0 aromatic heterocycles. The second kappa shape index (κ2) is 8.94. The van der Waals surface area contributed by atoms with Crippen LogP contribution in [-0.4, -0.2) is 63.4 Å². The number of carbonyl (C=O) groups excluding carboxylic acids is 1. The van der Waals surface area contributed by atoms with Crippen molar-refractivity contribution in [2.75, 3.05) is 45.2 Å². The minimum absolute atomic E-state index is 0.152. The number of hydrogen-bond acceptors (Lipinski definition) is 5. The van der Waals surface area contributed by atoms with Crippen molar-refractivity contribution in [3.05, 3.63) is 53.6 Å². The average Bonchev–Trinajstić information content (AvgIpc) is 2.68. The molecule has 1 heterocycles. The molecule has 1 amide bonds. The van der Waals surface area contributed by atoms with E-state index in [0.29, 0.717) is 37.6 Å². The van der Waals surface area contributed by atoms with Crippen LogP contribution in [0.2, 0.25) is 0 Å². The van der Waals surface area contributed by atoms with Gasteiger partial charge in [0, 0.05) is 31.9 Å². The Morgan fingerprint density at radius 2 is 1.66 bits per heavy atom. The van der Waals surface area contributed by atoms with E-state index in [0.717, 1.165) is 11.1 Å². The fourth-order valence-corrected chi connectivity index (χ4v) is 4.74. The van der Waals surface area contributed by atoms with Gasteiger partial charge < -0.3 is 15.0 Å². The predicted molar refractivity (Wildman–Crippen MR) is 113 cm³/mol. The van der Waals surface area contributed by atoms with Crippen molar-refractivity contribution >= 4 is 21.6 Å². The highest BCUT2D eigenvalue weighted by molar-refractivity contribution is 7.89. The van der Waals surface area contributed by atoms with Crippen LogP contribution in [-0.2, 0) is 14.8 Å². The summed E-state index contributed by atoms with van der Waals surface area (Å²) in [5, 5.41) is 2.72. The molecule has 0 unspecified atom stereocenters. The Morgan fingerprint density at radius 3 is 2.31 bits per heavy atom. The minimum Gasteiger partial charge on any atom is -0.483 e. The van der Waals surface area contributed by atoms with Crippen molar-refractivity contribution in [3.63, 3.8) is 0 Å². The van der Waals surface area contributed by atoms with E-state index in [2.05, 4.69) is 10.2 Å². The van der Waals surface area contributed by atoms with Crippen molar-refractivity contribution < 1.29 is 17.9 Å². The summed E-state index contributed by atoms with van der Waals surface area (Å²) in [6, 6.07) is 12.1. The molecule has 156 valence electrons. The molecule has 3 rings (SSSR count). The third-order valence-corrected chi connectivity index (χ3v) is 6.87. The Balaban J connectivity index is 1.65. The van der Waals surface area contributed by atoms with Crippen molar-refractivity contribution in [3.8, 4) is 5.75 Å². The standard InChI is InChI=1S/C21H27N3O4S/c1-16-6-4-7-17(2)21(16)28-15-20(25)22-18-8-5-9-19(14-18)29(26,27)24-12-10-23(3)11-13-24/h4-9,14H,10-13,15H2,1-3H3,(H,22,25). The first kappa shape index (κ1) is 21.3. The summed E-state index contributed by atoms with van der Waals surface area (Å²) < 4.78 is 32.9. The summed E-state index contributed by atoms with van der Waals surface area (Å²) in [4.78, 5) is 14.6. The lowest BCUT2D eigenvalue weighted by Gasteiger charge is -2.31. The summed E-state index contributed by atoms with van der Waals surface area (Å²) in [5.41, 5.74) is 2.34. The monoisotopic (exact) mass is 417 g/mol. The van der Waals surface area contributed by atoms with E-state index >= 15 is 0 Å². The molecule has 0 spiro atoms. The molecule has 0 aliphatic carbocycles. The summed E-state index contributed by atoms with van der Waals surface area (Å²) >= 11 is 0. The number of para-hydroxylation sites is 1. The summed E-state index contributed by atoms with van der Waals surface area (Å²) in [7, 11) is -1.61. The number of nitrogens with one attached hydrogen (secondary N) is 1. The highest BCUT2D eigenvalue weighted by Gasteiger charge is 2.27. The van der Waals surface area contributed by atoms with Gasteiger partial charge in [-0.25, -0.2) is 8.42 Å². The van der Waals surface area contributed by atoms with E-state index in [4.69, 9.17) is 4.74 Å². The third-order valence-electron chi connectivity index (χ3n) is 4.97. The lowest BCUT2D eigenvalue weighted by atomic mass is 10.1. The maximum Gasteiger partial charge on any atom is 0.262 e. The van der Waals surface area contributed by atoms with E-state index in [1.165, 1.54) is 10.4 Å². The fraction of sp³-hybridized carbons (Fsp3) is 0.381. The quantitative estimate of drug-likeness (QED) is 0.780. The largest absolute Gasteiger partial charge is 0.483 e. The topological polar surface area (TPSA) is 78.9 Å². The first-order valence-electron chi connectivity index (χ1n) is 9.55. The first-order valence-corrected chi connectivity index (χ1v) is 11.0. The molecule has 2 aromatic rings. The molecule has 0 saturated carbocycles. The summed E-state index contributed by atoms with van der Waals surface area (Å²) in [6.07, 6.45) is 0. The molecular weight excluding hydrogens is 390 g/mol. The molecular formula is C21H27N3O4S. The Morgan fingerprint density at radius 1 is 1.03 bits per heavy atom. The smallest absolute Gasteiger partial charge is 0.262 e. The summed E-state index contributed by atoms with van der Waals surface area (Å²) in [6.45, 7) is 6.01. The van der Waals surface area contributed by atoms with Crippen LogP contribution in [0.4, 0.5) is 5.69 Å². The molecule has 8 heteroatoms. The van der Waals surface area contributed by atoms with E-state index < -0.39 is 10.0 Å². The molecule has 1 aliphatic rings. The molecule has 1 saturated heterocycles. The van der Waals surface area contributed by atoms with Gasteiger partial charge >= 0.3 is 0 Å². The average molecular weight is 418 g/mol. The minimum atomic E-state index is -3.59. The number of sulfonamides is 1. The van der Waals surface area contributed by atoms with Gasteiger partial charge in [-0.05, 0) is 50.2 Å². The van der Waals surface area contributed by atoms with Crippen LogP contribution in [0.5, 0.6) is 5.75 Å². The van der Waals surface area contributed by atoms with Gasteiger partial charge in [-0.1, -0.05) is 24.3 Å². The highest BCUT2D eigenvalue weighted by Crippen LogP contribution is 2.23. The second-order valence-electron chi connectivity index (χ2n) is 7.29. The lowest BCUT2D eigenvalue weighted by molar-refractivity contribution is -0.118. The lowest BCUT2D eigenvalue weighted by Crippen LogP contribution is -2.47. The van der Waals surface area contributed by atoms with Crippen LogP contribution in [0.3, 0.4) is 0 Å². The molecule has 0 radical (unpaired) electrons. The number of nitrogens with zero attached hydrogens (tertiary/aromatic N) is 2. The van der Waals surface area contributed by atoms with Crippen LogP contribution < -0.4 is 10.1 Å². The van der Waals surface area contributed by atoms with Crippen LogP contribution in [0.1, 0.15) is 11.1 Å². The molecule has 29 heavy (non-hydrogen) atoms. The molecule has 1 N–H and O–H groups in total. The number of rotatable bonds is 6. The van der Waals surface area contributed by atoms with Gasteiger partial charge in [0.15, 0.2) is 6.61 Å². The number of amides is 1. The maximum absolute atomic E-state index is 12.9. The Hall–Kier alpha value is -2.42. The van der Waals surface area contributed by atoms with Crippen molar-refractivity contribution in [2.24, 2.45) is 0 Å². The normalized spacial score (nSPS) is 15.8. The van der Waals surface area contributed by atoms with E-state index in [-0.39, 0.29) is 17.4 Å². The molecule has 1 aliphatic heterocycles. The molecule has 7 nitrogen and oxygen atoms in total. The van der Waals surface area contributed by atoms with Gasteiger partial charge in [0.2, 0.25) is 10.0 Å². The van der Waals surface area contributed by atoms with E-state index in [9.17, 15) is 13.2 Å². The van der Waals surface area contributed by atoms with Crippen LogP contribution in [0.25, 0.3) is 0 Å². The van der Waals surface area contributed by atoms with Gasteiger partial charge in [0.05, 0.1) is 4.90 Å². The molecule has 0 atom stereocenters. The van der Waals surface area contributed by atoms with Crippen molar-refractivity contribution in [2.45, 2.75) is 18.7 Å². The Kier molecular flexibility index (Phi) is 6.56. The number of anilines is 1. The number of benzene rings is 2. The van der Waals surface area contributed by atoms with E-state index in [1.54, 1.807) is 18.2 Å². The van der Waals surface area contributed by atoms with E-state index in [1.807, 2.05) is 39.1 Å². The zero-order valence-corrected chi connectivity index (χ0v) is 17.8. The number of aryl methyl sites for hydroxylation is 2. The number of likely N-dealkylation sites (N-methyl/N-ethyl adjacent to an activating group) is 1. The zero-order valence-electron chi connectivity index (χ0n) is 17.0. The molecule has 2 aromatic carbocycles. The fourth-order valence-electron chi connectivity index (χ4n) is 3.27. The van der Waals surface area contributed by atoms with Gasteiger partial charge in [-0.15, -0.1) is 0 Å². The number of piperazine rings is 1. The first-order chi connectivity index (χ1) is 13.8. The number of carbonyl (C=O) groups is 1. The van der Waals surface area contributed by atoms with Gasteiger partial charge in [0.1, 0.15) is 5.75 Å². The predicted octanol–water partition coefficient (Wildman–Crippen LogP) is 2.26. The molecule has 1 fully saturated rings. The summed E-state index contributed by atoms with van der Waals surface area (Å²) in [5.74, 6) is 0.343. The second-order valence-corrected chi connectivity index (χ2v) is 9.23.